The summed E-state index contributed by atoms with van der Waals surface area (Å²) in [7, 11) is 0. The van der Waals surface area contributed by atoms with Gasteiger partial charge in [-0.15, -0.1) is 0 Å². The Kier molecular flexibility index (Phi) is 5.74. The maximum Gasteiger partial charge on any atom is 0.311 e. The lowest BCUT2D eigenvalue weighted by Gasteiger charge is -2.12. The first-order chi connectivity index (χ1) is 14.9. The molecule has 0 aliphatic rings. The summed E-state index contributed by atoms with van der Waals surface area (Å²) >= 11 is 12.5. The Labute approximate surface area is 186 Å². The first kappa shape index (κ1) is 20.6. The molecule has 0 atom stereocenters. The van der Waals surface area contributed by atoms with Gasteiger partial charge in [-0.2, -0.15) is 0 Å². The summed E-state index contributed by atoms with van der Waals surface area (Å²) in [5.41, 5.74) is 7.41. The van der Waals surface area contributed by atoms with Gasteiger partial charge in [0.15, 0.2) is 0 Å². The van der Waals surface area contributed by atoms with E-state index in [1.54, 1.807) is 24.5 Å². The molecule has 0 aliphatic heterocycles. The van der Waals surface area contributed by atoms with Gasteiger partial charge in [0.25, 0.3) is 0 Å². The molecule has 4 N–H and O–H groups in total. The van der Waals surface area contributed by atoms with Crippen molar-refractivity contribution in [3.8, 4) is 11.3 Å². The maximum absolute atomic E-state index is 10.8. The molecule has 0 amide bonds. The lowest BCUT2D eigenvalue weighted by molar-refractivity contribution is -0.384. The van der Waals surface area contributed by atoms with Crippen molar-refractivity contribution in [3.05, 3.63) is 69.0 Å². The van der Waals surface area contributed by atoms with Gasteiger partial charge in [0, 0.05) is 43.2 Å². The Bertz CT molecular complexity index is 1280. The van der Waals surface area contributed by atoms with Crippen molar-refractivity contribution in [2.24, 2.45) is 0 Å². The van der Waals surface area contributed by atoms with Gasteiger partial charge in [0.1, 0.15) is 11.5 Å². The molecule has 0 bridgehead atoms. The quantitative estimate of drug-likeness (QED) is 0.213. The van der Waals surface area contributed by atoms with Crippen LogP contribution in [0.4, 0.5) is 23.3 Å². The van der Waals surface area contributed by atoms with Crippen molar-refractivity contribution >= 4 is 52.1 Å². The number of nitro groups is 1. The Morgan fingerprint density at radius 3 is 2.71 bits per heavy atom. The Balaban J connectivity index is 1.50. The summed E-state index contributed by atoms with van der Waals surface area (Å²) in [6.45, 7) is 0.940. The Morgan fingerprint density at radius 1 is 1.13 bits per heavy atom. The molecule has 0 radical (unpaired) electrons. The van der Waals surface area contributed by atoms with Crippen molar-refractivity contribution in [3.63, 3.8) is 0 Å². The van der Waals surface area contributed by atoms with Crippen molar-refractivity contribution in [2.75, 3.05) is 29.5 Å². The van der Waals surface area contributed by atoms with E-state index in [4.69, 9.17) is 28.9 Å². The van der Waals surface area contributed by atoms with Gasteiger partial charge in [0.05, 0.1) is 20.7 Å². The fraction of sp³-hybridized carbons (Fsp3) is 0.105. The van der Waals surface area contributed by atoms with Crippen LogP contribution in [0.25, 0.3) is 16.9 Å². The zero-order valence-electron chi connectivity index (χ0n) is 15.9. The van der Waals surface area contributed by atoms with E-state index in [9.17, 15) is 10.1 Å². The number of rotatable bonds is 7. The van der Waals surface area contributed by atoms with E-state index in [2.05, 4.69) is 25.6 Å². The van der Waals surface area contributed by atoms with Crippen LogP contribution in [0.5, 0.6) is 0 Å². The molecule has 0 spiro atoms. The average molecular weight is 459 g/mol. The first-order valence-corrected chi connectivity index (χ1v) is 9.87. The third-order valence-electron chi connectivity index (χ3n) is 4.43. The van der Waals surface area contributed by atoms with Crippen molar-refractivity contribution in [1.29, 1.82) is 0 Å². The summed E-state index contributed by atoms with van der Waals surface area (Å²) < 4.78 is 1.81. The normalized spacial score (nSPS) is 10.9. The number of nitrogen functional groups attached to an aromatic ring is 1. The second-order valence-electron chi connectivity index (χ2n) is 6.43. The SMILES string of the molecule is Nc1nc(NCCNc2nc(-c3cccc(Cl)c3Cl)cc3nccn23)ccc1[N+](=O)[O-]. The lowest BCUT2D eigenvalue weighted by Crippen LogP contribution is -2.17. The number of imidazole rings is 1. The molecular weight excluding hydrogens is 443 g/mol. The van der Waals surface area contributed by atoms with Gasteiger partial charge in [-0.25, -0.2) is 15.0 Å². The molecule has 3 heterocycles. The second kappa shape index (κ2) is 8.62. The molecule has 0 fully saturated rings. The van der Waals surface area contributed by atoms with E-state index in [0.29, 0.717) is 51.8 Å². The number of hydrogen-bond acceptors (Lipinski definition) is 8. The number of nitrogens with one attached hydrogen (secondary N) is 2. The third kappa shape index (κ3) is 4.30. The second-order valence-corrected chi connectivity index (χ2v) is 7.22. The molecule has 158 valence electrons. The fourth-order valence-electron chi connectivity index (χ4n) is 2.97. The summed E-state index contributed by atoms with van der Waals surface area (Å²) in [5.74, 6) is 0.861. The van der Waals surface area contributed by atoms with E-state index in [-0.39, 0.29) is 11.5 Å². The van der Waals surface area contributed by atoms with Gasteiger partial charge < -0.3 is 16.4 Å². The molecule has 1 aromatic carbocycles. The molecule has 12 heteroatoms. The molecule has 0 aliphatic carbocycles. The number of fused-ring (bicyclic) bond motifs is 1. The number of nitrogens with two attached hydrogens (primary N) is 1. The predicted octanol–water partition coefficient (Wildman–Crippen LogP) is 4.11. The van der Waals surface area contributed by atoms with Crippen molar-refractivity contribution in [2.45, 2.75) is 0 Å². The zero-order chi connectivity index (χ0) is 22.0. The van der Waals surface area contributed by atoms with Crippen LogP contribution in [-0.4, -0.2) is 37.4 Å². The highest BCUT2D eigenvalue weighted by molar-refractivity contribution is 6.43. The minimum atomic E-state index is -0.575. The molecule has 0 saturated heterocycles. The Hall–Kier alpha value is -3.63. The van der Waals surface area contributed by atoms with E-state index < -0.39 is 4.92 Å². The number of anilines is 3. The number of pyridine rings is 1. The number of hydrogen-bond donors (Lipinski definition) is 3. The van der Waals surface area contributed by atoms with E-state index in [0.717, 1.165) is 0 Å². The molecule has 4 rings (SSSR count). The van der Waals surface area contributed by atoms with Crippen LogP contribution in [-0.2, 0) is 0 Å². The summed E-state index contributed by atoms with van der Waals surface area (Å²) in [6.07, 6.45) is 3.47. The predicted molar refractivity (Wildman–Crippen MR) is 121 cm³/mol. The van der Waals surface area contributed by atoms with Crippen LogP contribution in [0.15, 0.2) is 48.8 Å². The van der Waals surface area contributed by atoms with Gasteiger partial charge in [-0.3, -0.25) is 14.5 Å². The number of nitrogens with zero attached hydrogens (tertiary/aromatic N) is 5. The van der Waals surface area contributed by atoms with Crippen LogP contribution in [0, 0.1) is 10.1 Å². The monoisotopic (exact) mass is 458 g/mol. The molecule has 0 unspecified atom stereocenters. The smallest absolute Gasteiger partial charge is 0.311 e. The zero-order valence-corrected chi connectivity index (χ0v) is 17.4. The van der Waals surface area contributed by atoms with Gasteiger partial charge in [-0.05, 0) is 12.1 Å². The Morgan fingerprint density at radius 2 is 1.94 bits per heavy atom. The highest BCUT2D eigenvalue weighted by atomic mass is 35.5. The van der Waals surface area contributed by atoms with E-state index in [1.165, 1.54) is 12.1 Å². The summed E-state index contributed by atoms with van der Waals surface area (Å²) in [4.78, 5) is 23.3. The number of halogens is 2. The van der Waals surface area contributed by atoms with Gasteiger partial charge in [-0.1, -0.05) is 35.3 Å². The number of benzene rings is 1. The van der Waals surface area contributed by atoms with E-state index >= 15 is 0 Å². The van der Waals surface area contributed by atoms with Crippen molar-refractivity contribution < 1.29 is 4.92 Å². The first-order valence-electron chi connectivity index (χ1n) is 9.11. The topological polar surface area (TPSA) is 136 Å². The molecular formula is C19H16Cl2N8O2. The summed E-state index contributed by atoms with van der Waals surface area (Å²) in [6, 6.07) is 10.00. The van der Waals surface area contributed by atoms with Crippen LogP contribution >= 0.6 is 23.2 Å². The third-order valence-corrected chi connectivity index (χ3v) is 5.25. The molecule has 4 aromatic rings. The highest BCUT2D eigenvalue weighted by Crippen LogP contribution is 2.33. The molecule has 3 aromatic heterocycles. The highest BCUT2D eigenvalue weighted by Gasteiger charge is 2.14. The molecule has 10 nitrogen and oxygen atoms in total. The minimum Gasteiger partial charge on any atom is -0.378 e. The fourth-order valence-corrected chi connectivity index (χ4v) is 3.37. The number of aromatic nitrogens is 4. The standard InChI is InChI=1S/C19H16Cl2N8O2/c20-12-3-1-2-11(17(12)21)13-10-16-24-8-9-28(16)19(26-13)25-7-6-23-15-5-4-14(29(30)31)18(22)27-15/h1-5,8-10H,6-7H2,(H,25,26)(H3,22,23,27). The van der Waals surface area contributed by atoms with Crippen LogP contribution in [0.3, 0.4) is 0 Å². The average Bonchev–Trinajstić information content (AvgIpc) is 3.21. The van der Waals surface area contributed by atoms with Crippen molar-refractivity contribution in [1.82, 2.24) is 19.4 Å². The van der Waals surface area contributed by atoms with Crippen LogP contribution in [0.1, 0.15) is 0 Å². The van der Waals surface area contributed by atoms with Gasteiger partial charge >= 0.3 is 5.69 Å². The van der Waals surface area contributed by atoms with Crippen LogP contribution in [0.2, 0.25) is 10.0 Å². The van der Waals surface area contributed by atoms with E-state index in [1.807, 2.05) is 16.5 Å². The molecule has 0 saturated carbocycles. The minimum absolute atomic E-state index is 0.143. The molecule has 31 heavy (non-hydrogen) atoms. The summed E-state index contributed by atoms with van der Waals surface area (Å²) in [5, 5.41) is 18.0. The van der Waals surface area contributed by atoms with Crippen LogP contribution < -0.4 is 16.4 Å². The lowest BCUT2D eigenvalue weighted by atomic mass is 10.1. The maximum atomic E-state index is 10.8. The van der Waals surface area contributed by atoms with Gasteiger partial charge in [0.2, 0.25) is 11.8 Å². The largest absolute Gasteiger partial charge is 0.378 e.